The van der Waals surface area contributed by atoms with Crippen molar-refractivity contribution in [2.24, 2.45) is 5.41 Å². The van der Waals surface area contributed by atoms with Gasteiger partial charge in [0.1, 0.15) is 0 Å². The molecule has 0 N–H and O–H groups in total. The van der Waals surface area contributed by atoms with Gasteiger partial charge in [-0.15, -0.1) is 0 Å². The van der Waals surface area contributed by atoms with E-state index in [9.17, 15) is 4.79 Å². The van der Waals surface area contributed by atoms with Gasteiger partial charge in [0, 0.05) is 17.1 Å². The largest absolute Gasteiger partial charge is 0.307 e. The summed E-state index contributed by atoms with van der Waals surface area (Å²) in [5.74, 6) is 0. The Hall–Kier alpha value is -1.08. The maximum Gasteiger partial charge on any atom is 0.307 e. The van der Waals surface area contributed by atoms with Crippen molar-refractivity contribution in [1.29, 1.82) is 5.26 Å². The van der Waals surface area contributed by atoms with E-state index in [4.69, 9.17) is 5.26 Å². The Morgan fingerprint density at radius 1 is 1.35 bits per heavy atom. The van der Waals surface area contributed by atoms with E-state index in [1.165, 1.54) is 11.3 Å². The fourth-order valence-electron chi connectivity index (χ4n) is 1.74. The summed E-state index contributed by atoms with van der Waals surface area (Å²) >= 11 is 1.32. The van der Waals surface area contributed by atoms with Crippen LogP contribution in [0.15, 0.2) is 4.79 Å². The van der Waals surface area contributed by atoms with Gasteiger partial charge < -0.3 is 4.57 Å². The molecule has 0 saturated heterocycles. The molecule has 4 heteroatoms. The van der Waals surface area contributed by atoms with Crippen LogP contribution in [0.25, 0.3) is 0 Å². The van der Waals surface area contributed by atoms with E-state index >= 15 is 0 Å². The second-order valence-corrected chi connectivity index (χ2v) is 6.28. The van der Waals surface area contributed by atoms with Gasteiger partial charge in [-0.2, -0.15) is 5.26 Å². The number of hydrogen-bond donors (Lipinski definition) is 0. The molecule has 0 aliphatic carbocycles. The molecule has 0 radical (unpaired) electrons. The highest BCUT2D eigenvalue weighted by atomic mass is 32.1. The highest BCUT2D eigenvalue weighted by molar-refractivity contribution is 7.09. The molecule has 0 atom stereocenters. The van der Waals surface area contributed by atoms with Crippen molar-refractivity contribution in [1.82, 2.24) is 4.57 Å². The molecule has 94 valence electrons. The Kier molecular flexibility index (Phi) is 4.53. The first-order valence-electron chi connectivity index (χ1n) is 5.95. The standard InChI is InChI=1S/C13H20N2OS/c1-10-11(2)17-12(16)15(10)8-6-5-7-13(3,4)9-14/h5-8H2,1-4H3. The second-order valence-electron chi connectivity index (χ2n) is 5.11. The zero-order valence-corrected chi connectivity index (χ0v) is 11.9. The van der Waals surface area contributed by atoms with Gasteiger partial charge in [-0.3, -0.25) is 4.79 Å². The fraction of sp³-hybridized carbons (Fsp3) is 0.692. The van der Waals surface area contributed by atoms with Crippen LogP contribution < -0.4 is 4.87 Å². The molecule has 0 bridgehead atoms. The number of hydrogen-bond acceptors (Lipinski definition) is 3. The molecule has 0 saturated carbocycles. The van der Waals surface area contributed by atoms with E-state index in [1.54, 1.807) is 0 Å². The van der Waals surface area contributed by atoms with E-state index in [-0.39, 0.29) is 10.3 Å². The summed E-state index contributed by atoms with van der Waals surface area (Å²) in [6.45, 7) is 8.66. The number of aromatic nitrogens is 1. The zero-order chi connectivity index (χ0) is 13.1. The van der Waals surface area contributed by atoms with E-state index in [0.29, 0.717) is 0 Å². The molecule has 17 heavy (non-hydrogen) atoms. The van der Waals surface area contributed by atoms with Gasteiger partial charge in [0.05, 0.1) is 11.5 Å². The molecule has 0 aliphatic rings. The molecule has 1 heterocycles. The molecule has 0 amide bonds. The van der Waals surface area contributed by atoms with Crippen LogP contribution in [0.1, 0.15) is 43.7 Å². The van der Waals surface area contributed by atoms with E-state index in [0.717, 1.165) is 36.4 Å². The fourth-order valence-corrected chi connectivity index (χ4v) is 2.60. The third kappa shape index (κ3) is 3.71. The first kappa shape index (κ1) is 14.0. The highest BCUT2D eigenvalue weighted by Crippen LogP contribution is 2.22. The minimum atomic E-state index is -0.245. The van der Waals surface area contributed by atoms with Crippen LogP contribution in [0.3, 0.4) is 0 Å². The third-order valence-electron chi connectivity index (χ3n) is 3.11. The van der Waals surface area contributed by atoms with Crippen LogP contribution in [0, 0.1) is 30.6 Å². The summed E-state index contributed by atoms with van der Waals surface area (Å²) in [5, 5.41) is 8.90. The molecule has 1 aromatic heterocycles. The molecule has 0 spiro atoms. The molecular weight excluding hydrogens is 232 g/mol. The Morgan fingerprint density at radius 3 is 2.47 bits per heavy atom. The van der Waals surface area contributed by atoms with Crippen LogP contribution in [-0.2, 0) is 6.54 Å². The number of rotatable bonds is 5. The van der Waals surface area contributed by atoms with Crippen LogP contribution in [0.5, 0.6) is 0 Å². The van der Waals surface area contributed by atoms with Gasteiger partial charge in [-0.1, -0.05) is 17.8 Å². The lowest BCUT2D eigenvalue weighted by Gasteiger charge is -2.14. The summed E-state index contributed by atoms with van der Waals surface area (Å²) in [7, 11) is 0. The van der Waals surface area contributed by atoms with Crippen molar-refractivity contribution in [3.05, 3.63) is 20.2 Å². The molecule has 0 aromatic carbocycles. The molecule has 1 aromatic rings. The molecular formula is C13H20N2OS. The van der Waals surface area contributed by atoms with Crippen LogP contribution in [0.2, 0.25) is 0 Å². The van der Waals surface area contributed by atoms with Crippen molar-refractivity contribution in [3.8, 4) is 6.07 Å². The van der Waals surface area contributed by atoms with E-state index < -0.39 is 0 Å². The van der Waals surface area contributed by atoms with Crippen molar-refractivity contribution in [3.63, 3.8) is 0 Å². The maximum atomic E-state index is 11.6. The highest BCUT2D eigenvalue weighted by Gasteiger charge is 2.15. The van der Waals surface area contributed by atoms with Crippen molar-refractivity contribution >= 4 is 11.3 Å². The van der Waals surface area contributed by atoms with Crippen LogP contribution in [0.4, 0.5) is 0 Å². The molecule has 0 unspecified atom stereocenters. The Labute approximate surface area is 107 Å². The minimum Gasteiger partial charge on any atom is -0.303 e. The van der Waals surface area contributed by atoms with Gasteiger partial charge in [0.25, 0.3) is 0 Å². The van der Waals surface area contributed by atoms with E-state index in [1.807, 2.05) is 32.3 Å². The van der Waals surface area contributed by atoms with Crippen molar-refractivity contribution in [2.75, 3.05) is 0 Å². The van der Waals surface area contributed by atoms with Gasteiger partial charge in [0.15, 0.2) is 0 Å². The zero-order valence-electron chi connectivity index (χ0n) is 11.0. The summed E-state index contributed by atoms with van der Waals surface area (Å²) in [6.07, 6.45) is 2.84. The van der Waals surface area contributed by atoms with E-state index in [2.05, 4.69) is 6.07 Å². The molecule has 3 nitrogen and oxygen atoms in total. The Balaban J connectivity index is 2.48. The number of aryl methyl sites for hydroxylation is 1. The average Bonchev–Trinajstić information content (AvgIpc) is 2.50. The Bertz CT molecular complexity index is 477. The summed E-state index contributed by atoms with van der Waals surface area (Å²) < 4.78 is 1.85. The lowest BCUT2D eigenvalue weighted by molar-refractivity contribution is 0.415. The normalized spacial score (nSPS) is 11.5. The minimum absolute atomic E-state index is 0.138. The van der Waals surface area contributed by atoms with Crippen molar-refractivity contribution in [2.45, 2.75) is 53.5 Å². The Morgan fingerprint density at radius 2 is 2.00 bits per heavy atom. The van der Waals surface area contributed by atoms with Gasteiger partial charge in [-0.05, 0) is 40.5 Å². The monoisotopic (exact) mass is 252 g/mol. The van der Waals surface area contributed by atoms with Crippen LogP contribution >= 0.6 is 11.3 Å². The first-order valence-corrected chi connectivity index (χ1v) is 6.77. The topological polar surface area (TPSA) is 45.8 Å². The lowest BCUT2D eigenvalue weighted by Crippen LogP contribution is -2.15. The predicted molar refractivity (Wildman–Crippen MR) is 71.3 cm³/mol. The SMILES string of the molecule is Cc1sc(=O)n(CCCCC(C)(C)C#N)c1C. The van der Waals surface area contributed by atoms with Crippen LogP contribution in [-0.4, -0.2) is 4.57 Å². The first-order chi connectivity index (χ1) is 7.87. The molecule has 1 rings (SSSR count). The molecule has 0 fully saturated rings. The smallest absolute Gasteiger partial charge is 0.303 e. The van der Waals surface area contributed by atoms with Gasteiger partial charge >= 0.3 is 4.87 Å². The predicted octanol–water partition coefficient (Wildman–Crippen LogP) is 3.25. The quantitative estimate of drug-likeness (QED) is 0.755. The van der Waals surface area contributed by atoms with Gasteiger partial charge in [0.2, 0.25) is 0 Å². The number of unbranched alkanes of at least 4 members (excludes halogenated alkanes) is 1. The lowest BCUT2D eigenvalue weighted by atomic mass is 9.89. The second kappa shape index (κ2) is 5.50. The number of nitrogens with zero attached hydrogens (tertiary/aromatic N) is 2. The average molecular weight is 252 g/mol. The van der Waals surface area contributed by atoms with Gasteiger partial charge in [-0.25, -0.2) is 0 Å². The third-order valence-corrected chi connectivity index (χ3v) is 4.11. The summed E-state index contributed by atoms with van der Waals surface area (Å²) in [5.41, 5.74) is 0.837. The summed E-state index contributed by atoms with van der Waals surface area (Å²) in [4.78, 5) is 12.9. The number of nitriles is 1. The number of thiazole rings is 1. The molecule has 0 aliphatic heterocycles. The van der Waals surface area contributed by atoms with Crippen molar-refractivity contribution < 1.29 is 0 Å². The summed E-state index contributed by atoms with van der Waals surface area (Å²) in [6, 6.07) is 2.30. The maximum absolute atomic E-state index is 11.6.